The second-order valence-electron chi connectivity index (χ2n) is 6.11. The van der Waals surface area contributed by atoms with Crippen molar-refractivity contribution in [3.63, 3.8) is 0 Å². The van der Waals surface area contributed by atoms with E-state index in [-0.39, 0.29) is 6.04 Å². The summed E-state index contributed by atoms with van der Waals surface area (Å²) in [6.45, 7) is 2.14. The molecule has 1 atom stereocenters. The van der Waals surface area contributed by atoms with Crippen LogP contribution in [0.4, 0.5) is 5.95 Å². The summed E-state index contributed by atoms with van der Waals surface area (Å²) in [6.07, 6.45) is 6.62. The molecular formula is C17H22N6O2. The SMILES string of the molecule is CCCCC(Nc1nc2c(c(=O)[nH]c(=O)n2C)n1C)c1cccnc1. The third-order valence-electron chi connectivity index (χ3n) is 4.37. The van der Waals surface area contributed by atoms with Crippen molar-refractivity contribution >= 4 is 17.1 Å². The fourth-order valence-corrected chi connectivity index (χ4v) is 2.91. The van der Waals surface area contributed by atoms with Gasteiger partial charge in [0.05, 0.1) is 6.04 Å². The molecule has 3 rings (SSSR count). The molecule has 8 heteroatoms. The van der Waals surface area contributed by atoms with Crippen molar-refractivity contribution in [2.75, 3.05) is 5.32 Å². The second-order valence-corrected chi connectivity index (χ2v) is 6.11. The van der Waals surface area contributed by atoms with Crippen LogP contribution >= 0.6 is 0 Å². The molecule has 3 aromatic rings. The molecule has 0 radical (unpaired) electrons. The predicted octanol–water partition coefficient (Wildman–Crippen LogP) is 1.70. The number of aromatic nitrogens is 5. The number of fused-ring (bicyclic) bond motifs is 1. The number of hydrogen-bond donors (Lipinski definition) is 2. The average Bonchev–Trinajstić information content (AvgIpc) is 2.94. The van der Waals surface area contributed by atoms with Gasteiger partial charge in [0, 0.05) is 26.5 Å². The molecule has 0 aliphatic carbocycles. The average molecular weight is 342 g/mol. The zero-order valence-corrected chi connectivity index (χ0v) is 14.6. The Bertz CT molecular complexity index is 986. The van der Waals surface area contributed by atoms with Crippen molar-refractivity contribution in [2.45, 2.75) is 32.2 Å². The van der Waals surface area contributed by atoms with Crippen molar-refractivity contribution in [3.05, 3.63) is 50.9 Å². The first-order valence-corrected chi connectivity index (χ1v) is 8.35. The molecule has 0 fully saturated rings. The molecule has 8 nitrogen and oxygen atoms in total. The monoisotopic (exact) mass is 342 g/mol. The van der Waals surface area contributed by atoms with Crippen LogP contribution in [0.2, 0.25) is 0 Å². The Labute approximate surface area is 144 Å². The topological polar surface area (TPSA) is 97.6 Å². The third kappa shape index (κ3) is 3.19. The molecule has 0 spiro atoms. The molecule has 0 bridgehead atoms. The zero-order chi connectivity index (χ0) is 18.0. The lowest BCUT2D eigenvalue weighted by atomic mass is 10.0. The number of hydrogen-bond acceptors (Lipinski definition) is 5. The molecule has 0 aliphatic rings. The summed E-state index contributed by atoms with van der Waals surface area (Å²) >= 11 is 0. The van der Waals surface area contributed by atoms with E-state index in [4.69, 9.17) is 0 Å². The van der Waals surface area contributed by atoms with Crippen LogP contribution in [-0.4, -0.2) is 24.1 Å². The highest BCUT2D eigenvalue weighted by atomic mass is 16.2. The minimum Gasteiger partial charge on any atom is -0.349 e. The minimum absolute atomic E-state index is 0.0280. The summed E-state index contributed by atoms with van der Waals surface area (Å²) in [5.41, 5.74) is 0.875. The minimum atomic E-state index is -0.475. The van der Waals surface area contributed by atoms with Gasteiger partial charge in [-0.25, -0.2) is 4.79 Å². The van der Waals surface area contributed by atoms with Crippen LogP contribution in [0.15, 0.2) is 34.1 Å². The van der Waals surface area contributed by atoms with Gasteiger partial charge >= 0.3 is 5.69 Å². The van der Waals surface area contributed by atoms with E-state index in [1.54, 1.807) is 24.9 Å². The lowest BCUT2D eigenvalue weighted by Gasteiger charge is -2.19. The van der Waals surface area contributed by atoms with Gasteiger partial charge in [-0.2, -0.15) is 4.98 Å². The van der Waals surface area contributed by atoms with Crippen molar-refractivity contribution < 1.29 is 0 Å². The first kappa shape index (κ1) is 16.9. The summed E-state index contributed by atoms with van der Waals surface area (Å²) in [5.74, 6) is 0.548. The van der Waals surface area contributed by atoms with E-state index >= 15 is 0 Å². The van der Waals surface area contributed by atoms with Crippen LogP contribution in [0.5, 0.6) is 0 Å². The fourth-order valence-electron chi connectivity index (χ4n) is 2.91. The fraction of sp³-hybridized carbons (Fsp3) is 0.412. The Morgan fingerprint density at radius 2 is 2.08 bits per heavy atom. The van der Waals surface area contributed by atoms with Gasteiger partial charge in [-0.3, -0.25) is 19.3 Å². The van der Waals surface area contributed by atoms with E-state index in [0.29, 0.717) is 17.1 Å². The van der Waals surface area contributed by atoms with Gasteiger partial charge in [-0.1, -0.05) is 25.8 Å². The van der Waals surface area contributed by atoms with Gasteiger partial charge in [0.25, 0.3) is 5.56 Å². The Kier molecular flexibility index (Phi) is 4.69. The highest BCUT2D eigenvalue weighted by molar-refractivity contribution is 5.74. The predicted molar refractivity (Wildman–Crippen MR) is 96.7 cm³/mol. The van der Waals surface area contributed by atoms with E-state index in [9.17, 15) is 9.59 Å². The van der Waals surface area contributed by atoms with E-state index in [1.807, 2.05) is 18.3 Å². The lowest BCUT2D eigenvalue weighted by Crippen LogP contribution is -2.29. The maximum absolute atomic E-state index is 12.1. The highest BCUT2D eigenvalue weighted by Gasteiger charge is 2.18. The van der Waals surface area contributed by atoms with Gasteiger partial charge in [-0.05, 0) is 18.1 Å². The Morgan fingerprint density at radius 3 is 2.76 bits per heavy atom. The van der Waals surface area contributed by atoms with Crippen LogP contribution in [0.1, 0.15) is 37.8 Å². The largest absolute Gasteiger partial charge is 0.349 e. The maximum Gasteiger partial charge on any atom is 0.329 e. The van der Waals surface area contributed by atoms with Crippen molar-refractivity contribution in [1.82, 2.24) is 24.1 Å². The first-order chi connectivity index (χ1) is 12.0. The number of H-pyrrole nitrogens is 1. The van der Waals surface area contributed by atoms with Gasteiger partial charge in [0.2, 0.25) is 5.95 Å². The normalized spacial score (nSPS) is 12.4. The van der Waals surface area contributed by atoms with Crippen molar-refractivity contribution in [3.8, 4) is 0 Å². The van der Waals surface area contributed by atoms with E-state index < -0.39 is 11.2 Å². The lowest BCUT2D eigenvalue weighted by molar-refractivity contribution is 0.625. The number of rotatable bonds is 6. The number of pyridine rings is 1. The third-order valence-corrected chi connectivity index (χ3v) is 4.37. The quantitative estimate of drug-likeness (QED) is 0.710. The zero-order valence-electron chi connectivity index (χ0n) is 14.6. The molecule has 0 aliphatic heterocycles. The summed E-state index contributed by atoms with van der Waals surface area (Å²) in [6, 6.07) is 3.95. The van der Waals surface area contributed by atoms with Crippen LogP contribution in [-0.2, 0) is 14.1 Å². The standard InChI is InChI=1S/C17H22N6O2/c1-4-5-8-12(11-7-6-9-18-10-11)19-16-20-14-13(22(16)2)15(24)21-17(25)23(14)3/h6-7,9-10,12H,4-5,8H2,1-3H3,(H,19,20)(H,21,24,25). The molecule has 0 saturated carbocycles. The number of imidazole rings is 1. The van der Waals surface area contributed by atoms with Gasteiger partial charge in [0.15, 0.2) is 11.2 Å². The van der Waals surface area contributed by atoms with Crippen molar-refractivity contribution in [1.29, 1.82) is 0 Å². The van der Waals surface area contributed by atoms with Gasteiger partial charge in [0.1, 0.15) is 0 Å². The first-order valence-electron chi connectivity index (χ1n) is 8.35. The van der Waals surface area contributed by atoms with Crippen LogP contribution < -0.4 is 16.6 Å². The summed E-state index contributed by atoms with van der Waals surface area (Å²) in [7, 11) is 3.35. The molecular weight excluding hydrogens is 320 g/mol. The summed E-state index contributed by atoms with van der Waals surface area (Å²) < 4.78 is 3.02. The van der Waals surface area contributed by atoms with E-state index in [0.717, 1.165) is 24.8 Å². The smallest absolute Gasteiger partial charge is 0.329 e. The number of nitrogens with one attached hydrogen (secondary N) is 2. The molecule has 25 heavy (non-hydrogen) atoms. The van der Waals surface area contributed by atoms with E-state index in [2.05, 4.69) is 27.2 Å². The molecule has 132 valence electrons. The van der Waals surface area contributed by atoms with Crippen LogP contribution in [0.3, 0.4) is 0 Å². The van der Waals surface area contributed by atoms with Gasteiger partial charge in [-0.15, -0.1) is 0 Å². The molecule has 2 N–H and O–H groups in total. The highest BCUT2D eigenvalue weighted by Crippen LogP contribution is 2.24. The second kappa shape index (κ2) is 6.92. The molecule has 0 amide bonds. The molecule has 3 heterocycles. The molecule has 0 aromatic carbocycles. The molecule has 3 aromatic heterocycles. The number of nitrogens with zero attached hydrogens (tertiary/aromatic N) is 4. The van der Waals surface area contributed by atoms with Crippen LogP contribution in [0, 0.1) is 0 Å². The molecule has 0 saturated heterocycles. The number of aryl methyl sites for hydroxylation is 2. The Hall–Kier alpha value is -2.90. The number of unbranched alkanes of at least 4 members (excludes halogenated alkanes) is 1. The van der Waals surface area contributed by atoms with Gasteiger partial charge < -0.3 is 9.88 Å². The Balaban J connectivity index is 2.04. The van der Waals surface area contributed by atoms with Crippen molar-refractivity contribution in [2.24, 2.45) is 14.1 Å². The Morgan fingerprint density at radius 1 is 1.28 bits per heavy atom. The number of anilines is 1. The number of aromatic amines is 1. The maximum atomic E-state index is 12.1. The summed E-state index contributed by atoms with van der Waals surface area (Å²) in [5, 5.41) is 3.41. The van der Waals surface area contributed by atoms with Crippen LogP contribution in [0.25, 0.3) is 11.2 Å². The van der Waals surface area contributed by atoms with E-state index in [1.165, 1.54) is 4.57 Å². The summed E-state index contributed by atoms with van der Waals surface area (Å²) in [4.78, 5) is 34.9. The molecule has 1 unspecified atom stereocenters.